The fraction of sp³-hybridized carbons (Fsp3) is 0.500. The number of hydrogen-bond donors (Lipinski definition) is 2. The van der Waals surface area contributed by atoms with E-state index in [1.54, 1.807) is 11.2 Å². The number of hydrogen-bond acceptors (Lipinski definition) is 4. The van der Waals surface area contributed by atoms with Crippen molar-refractivity contribution >= 4 is 6.09 Å². The molecular weight excluding hydrogens is 162 g/mol. The van der Waals surface area contributed by atoms with Crippen LogP contribution in [-0.4, -0.2) is 33.8 Å². The van der Waals surface area contributed by atoms with Gasteiger partial charge in [-0.05, 0) is 0 Å². The highest BCUT2D eigenvalue weighted by Crippen LogP contribution is 2.21. The van der Waals surface area contributed by atoms with E-state index in [0.717, 1.165) is 6.42 Å². The van der Waals surface area contributed by atoms with Crippen LogP contribution in [0.15, 0.2) is 12.5 Å². The lowest BCUT2D eigenvalue weighted by molar-refractivity contribution is -0.0757. The molecule has 1 saturated heterocycles. The Bertz CT molecular complexity index is 228. The van der Waals surface area contributed by atoms with Crippen molar-refractivity contribution in [3.05, 3.63) is 12.5 Å². The zero-order valence-corrected chi connectivity index (χ0v) is 6.30. The molecule has 0 aliphatic carbocycles. The summed E-state index contributed by atoms with van der Waals surface area (Å²) in [5.41, 5.74) is 2.56. The third kappa shape index (κ3) is 0.964. The maximum absolute atomic E-state index is 10.6. The Balaban J connectivity index is 1.96. The summed E-state index contributed by atoms with van der Waals surface area (Å²) in [5.74, 6) is 0. The Kier molecular flexibility index (Phi) is 1.54. The van der Waals surface area contributed by atoms with Gasteiger partial charge in [-0.15, -0.1) is 0 Å². The highest BCUT2D eigenvalue weighted by molar-refractivity contribution is 5.66. The molecular formula is C6H9N3O3. The minimum atomic E-state index is -0.895. The minimum Gasteiger partial charge on any atom is -0.465 e. The van der Waals surface area contributed by atoms with Crippen molar-refractivity contribution in [1.82, 2.24) is 15.5 Å². The number of nitrogens with one attached hydrogen (secondary N) is 1. The second kappa shape index (κ2) is 2.56. The molecule has 0 spiro atoms. The third-order valence-electron chi connectivity index (χ3n) is 2.00. The Morgan fingerprint density at radius 1 is 1.75 bits per heavy atom. The molecule has 2 rings (SSSR count). The first kappa shape index (κ1) is 7.23. The summed E-state index contributed by atoms with van der Waals surface area (Å²) in [4.78, 5) is 16.6. The zero-order chi connectivity index (χ0) is 8.55. The van der Waals surface area contributed by atoms with Gasteiger partial charge in [-0.3, -0.25) is 9.91 Å². The van der Waals surface area contributed by atoms with E-state index < -0.39 is 6.09 Å². The summed E-state index contributed by atoms with van der Waals surface area (Å²) >= 11 is 0. The molecule has 1 amide bonds. The van der Waals surface area contributed by atoms with Gasteiger partial charge >= 0.3 is 6.09 Å². The summed E-state index contributed by atoms with van der Waals surface area (Å²) in [6.07, 6.45) is 2.94. The van der Waals surface area contributed by atoms with Crippen LogP contribution in [0.4, 0.5) is 4.79 Å². The van der Waals surface area contributed by atoms with E-state index in [4.69, 9.17) is 9.94 Å². The molecule has 0 aromatic carbocycles. The minimum absolute atomic E-state index is 0.124. The van der Waals surface area contributed by atoms with Crippen molar-refractivity contribution in [1.29, 1.82) is 0 Å². The van der Waals surface area contributed by atoms with Crippen molar-refractivity contribution in [2.75, 3.05) is 6.54 Å². The molecule has 0 saturated carbocycles. The average molecular weight is 171 g/mol. The monoisotopic (exact) mass is 171 g/mol. The number of carboxylic acid groups (broad SMARTS) is 1. The number of rotatable bonds is 1. The highest BCUT2D eigenvalue weighted by atomic mass is 16.7. The van der Waals surface area contributed by atoms with E-state index in [1.165, 1.54) is 11.2 Å². The van der Waals surface area contributed by atoms with Crippen molar-refractivity contribution in [2.45, 2.75) is 12.6 Å². The third-order valence-corrected chi connectivity index (χ3v) is 2.00. The van der Waals surface area contributed by atoms with Crippen LogP contribution in [0.3, 0.4) is 0 Å². The van der Waals surface area contributed by atoms with Gasteiger partial charge in [0.05, 0.1) is 6.20 Å². The number of nitrogens with zero attached hydrogens (tertiary/aromatic N) is 2. The van der Waals surface area contributed by atoms with Crippen molar-refractivity contribution in [3.63, 3.8) is 0 Å². The number of likely N-dealkylation sites (tertiary alicyclic amines) is 1. The van der Waals surface area contributed by atoms with Crippen LogP contribution < -0.4 is 5.59 Å². The SMILES string of the molecule is O=C(O)N1CCC1N1C=CON1. The van der Waals surface area contributed by atoms with Gasteiger partial charge in [0, 0.05) is 13.0 Å². The van der Waals surface area contributed by atoms with Gasteiger partial charge < -0.3 is 9.94 Å². The van der Waals surface area contributed by atoms with Gasteiger partial charge in [-0.25, -0.2) is 4.79 Å². The molecule has 2 aliphatic heterocycles. The normalized spacial score (nSPS) is 26.8. The first-order valence-electron chi connectivity index (χ1n) is 3.65. The predicted octanol–water partition coefficient (Wildman–Crippen LogP) is -0.0808. The Morgan fingerprint density at radius 2 is 2.58 bits per heavy atom. The molecule has 2 N–H and O–H groups in total. The van der Waals surface area contributed by atoms with Crippen LogP contribution in [0, 0.1) is 0 Å². The Hall–Kier alpha value is -1.43. The highest BCUT2D eigenvalue weighted by Gasteiger charge is 2.36. The molecule has 2 heterocycles. The molecule has 2 aliphatic rings. The largest absolute Gasteiger partial charge is 0.465 e. The van der Waals surface area contributed by atoms with Crippen molar-refractivity contribution in [3.8, 4) is 0 Å². The van der Waals surface area contributed by atoms with E-state index in [1.807, 2.05) is 0 Å². The topological polar surface area (TPSA) is 65.0 Å². The van der Waals surface area contributed by atoms with Crippen molar-refractivity contribution in [2.24, 2.45) is 0 Å². The summed E-state index contributed by atoms with van der Waals surface area (Å²) in [6, 6.07) is 0. The molecule has 6 nitrogen and oxygen atoms in total. The first-order valence-corrected chi connectivity index (χ1v) is 3.65. The van der Waals surface area contributed by atoms with Crippen LogP contribution >= 0.6 is 0 Å². The maximum atomic E-state index is 10.6. The van der Waals surface area contributed by atoms with E-state index in [9.17, 15) is 4.79 Å². The fourth-order valence-electron chi connectivity index (χ4n) is 1.26. The van der Waals surface area contributed by atoms with Crippen LogP contribution in [0.2, 0.25) is 0 Å². The molecule has 1 fully saturated rings. The molecule has 1 atom stereocenters. The quantitative estimate of drug-likeness (QED) is 0.577. The van der Waals surface area contributed by atoms with Gasteiger partial charge in [-0.2, -0.15) is 0 Å². The lowest BCUT2D eigenvalue weighted by atomic mass is 10.1. The molecule has 12 heavy (non-hydrogen) atoms. The molecule has 66 valence electrons. The second-order valence-corrected chi connectivity index (χ2v) is 2.65. The Labute approximate surface area is 68.9 Å². The van der Waals surface area contributed by atoms with Crippen LogP contribution in [0.5, 0.6) is 0 Å². The fourth-order valence-corrected chi connectivity index (χ4v) is 1.26. The first-order chi connectivity index (χ1) is 5.79. The smallest absolute Gasteiger partial charge is 0.408 e. The molecule has 0 aromatic heterocycles. The molecule has 0 aromatic rings. The number of hydrazine groups is 1. The maximum Gasteiger partial charge on any atom is 0.408 e. The standard InChI is InChI=1S/C6H9N3O3/c10-6(11)8-2-1-5(8)9-3-4-12-7-9/h3-5,7H,1-2H2,(H,10,11). The van der Waals surface area contributed by atoms with E-state index in [-0.39, 0.29) is 6.17 Å². The van der Waals surface area contributed by atoms with Gasteiger partial charge in [0.1, 0.15) is 12.4 Å². The van der Waals surface area contributed by atoms with E-state index >= 15 is 0 Å². The van der Waals surface area contributed by atoms with Gasteiger partial charge in [0.2, 0.25) is 0 Å². The number of carbonyl (C=O) groups is 1. The summed E-state index contributed by atoms with van der Waals surface area (Å²) in [6.45, 7) is 0.589. The lowest BCUT2D eigenvalue weighted by Gasteiger charge is -2.42. The summed E-state index contributed by atoms with van der Waals surface area (Å²) in [5, 5.41) is 10.3. The Morgan fingerprint density at radius 3 is 3.00 bits per heavy atom. The molecule has 0 radical (unpaired) electrons. The molecule has 0 bridgehead atoms. The van der Waals surface area contributed by atoms with Crippen LogP contribution in [0.1, 0.15) is 6.42 Å². The van der Waals surface area contributed by atoms with Crippen LogP contribution in [0.25, 0.3) is 0 Å². The average Bonchev–Trinajstić information content (AvgIpc) is 2.35. The lowest BCUT2D eigenvalue weighted by Crippen LogP contribution is -2.59. The molecule has 6 heteroatoms. The summed E-state index contributed by atoms with van der Waals surface area (Å²) in [7, 11) is 0. The number of amides is 1. The second-order valence-electron chi connectivity index (χ2n) is 2.65. The van der Waals surface area contributed by atoms with E-state index in [2.05, 4.69) is 5.59 Å². The van der Waals surface area contributed by atoms with Gasteiger partial charge in [-0.1, -0.05) is 5.59 Å². The van der Waals surface area contributed by atoms with Crippen molar-refractivity contribution < 1.29 is 14.7 Å². The van der Waals surface area contributed by atoms with Crippen LogP contribution in [-0.2, 0) is 4.84 Å². The molecule has 1 unspecified atom stereocenters. The van der Waals surface area contributed by atoms with Gasteiger partial charge in [0.25, 0.3) is 0 Å². The zero-order valence-electron chi connectivity index (χ0n) is 6.30. The predicted molar refractivity (Wildman–Crippen MR) is 38.3 cm³/mol. The summed E-state index contributed by atoms with van der Waals surface area (Å²) < 4.78 is 0. The van der Waals surface area contributed by atoms with Gasteiger partial charge in [0.15, 0.2) is 0 Å². The van der Waals surface area contributed by atoms with E-state index in [0.29, 0.717) is 6.54 Å².